The first-order valence-electron chi connectivity index (χ1n) is 4.77. The number of amides is 1. The second-order valence-corrected chi connectivity index (χ2v) is 3.32. The highest BCUT2D eigenvalue weighted by Gasteiger charge is 2.17. The molecular formula is C10H17NO2. The van der Waals surface area contributed by atoms with Gasteiger partial charge in [-0.15, -0.1) is 0 Å². The van der Waals surface area contributed by atoms with Crippen molar-refractivity contribution in [3.05, 3.63) is 12.2 Å². The van der Waals surface area contributed by atoms with Crippen molar-refractivity contribution in [1.29, 1.82) is 0 Å². The van der Waals surface area contributed by atoms with E-state index in [2.05, 4.69) is 0 Å². The minimum absolute atomic E-state index is 0.0971. The predicted octanol–water partition coefficient (Wildman–Crippen LogP) is 1.20. The summed E-state index contributed by atoms with van der Waals surface area (Å²) in [4.78, 5) is 13.3. The van der Waals surface area contributed by atoms with Crippen LogP contribution in [-0.2, 0) is 9.53 Å². The molecule has 0 aromatic rings. The molecule has 1 atom stereocenters. The number of rotatable bonds is 1. The molecule has 1 fully saturated rings. The Morgan fingerprint density at radius 2 is 2.38 bits per heavy atom. The zero-order chi connectivity index (χ0) is 9.68. The highest BCUT2D eigenvalue weighted by Crippen LogP contribution is 2.05. The molecule has 1 aliphatic heterocycles. The van der Waals surface area contributed by atoms with Gasteiger partial charge in [0.2, 0.25) is 5.91 Å². The first kappa shape index (κ1) is 10.3. The lowest BCUT2D eigenvalue weighted by Gasteiger charge is -2.20. The van der Waals surface area contributed by atoms with Crippen LogP contribution in [-0.4, -0.2) is 36.6 Å². The molecule has 0 N–H and O–H groups in total. The molecule has 0 bridgehead atoms. The Morgan fingerprint density at radius 1 is 1.62 bits per heavy atom. The summed E-state index contributed by atoms with van der Waals surface area (Å²) in [5, 5.41) is 0. The number of carbonyl (C=O) groups is 1. The lowest BCUT2D eigenvalue weighted by molar-refractivity contribution is -0.126. The predicted molar refractivity (Wildman–Crippen MR) is 51.4 cm³/mol. The van der Waals surface area contributed by atoms with E-state index in [1.165, 1.54) is 0 Å². The molecule has 3 nitrogen and oxygen atoms in total. The highest BCUT2D eigenvalue weighted by molar-refractivity contribution is 5.87. The Morgan fingerprint density at radius 3 is 3.08 bits per heavy atom. The van der Waals surface area contributed by atoms with Crippen LogP contribution in [0.25, 0.3) is 0 Å². The van der Waals surface area contributed by atoms with Gasteiger partial charge >= 0.3 is 0 Å². The third-order valence-electron chi connectivity index (χ3n) is 2.07. The summed E-state index contributed by atoms with van der Waals surface area (Å²) >= 11 is 0. The zero-order valence-electron chi connectivity index (χ0n) is 8.32. The molecule has 3 heteroatoms. The lowest BCUT2D eigenvalue weighted by Crippen LogP contribution is -2.34. The molecule has 1 rings (SSSR count). The van der Waals surface area contributed by atoms with Gasteiger partial charge in [0.25, 0.3) is 0 Å². The van der Waals surface area contributed by atoms with E-state index in [1.54, 1.807) is 12.2 Å². The van der Waals surface area contributed by atoms with Gasteiger partial charge in [-0.1, -0.05) is 6.08 Å². The van der Waals surface area contributed by atoms with Gasteiger partial charge in [0.15, 0.2) is 0 Å². The van der Waals surface area contributed by atoms with E-state index in [1.807, 2.05) is 18.7 Å². The SMILES string of the molecule is CC=CC(=O)N1CCCOC(C)C1. The van der Waals surface area contributed by atoms with Crippen molar-refractivity contribution in [3.63, 3.8) is 0 Å². The van der Waals surface area contributed by atoms with Crippen LogP contribution in [0.3, 0.4) is 0 Å². The molecule has 0 radical (unpaired) electrons. The smallest absolute Gasteiger partial charge is 0.246 e. The van der Waals surface area contributed by atoms with Crippen molar-refractivity contribution in [2.45, 2.75) is 26.4 Å². The van der Waals surface area contributed by atoms with Crippen LogP contribution in [0.1, 0.15) is 20.3 Å². The quantitative estimate of drug-likeness (QED) is 0.572. The Bertz CT molecular complexity index is 201. The maximum atomic E-state index is 11.5. The van der Waals surface area contributed by atoms with Gasteiger partial charge in [-0.25, -0.2) is 0 Å². The normalized spacial score (nSPS) is 24.8. The number of hydrogen-bond acceptors (Lipinski definition) is 2. The van der Waals surface area contributed by atoms with Crippen molar-refractivity contribution in [1.82, 2.24) is 4.90 Å². The van der Waals surface area contributed by atoms with Gasteiger partial charge < -0.3 is 9.64 Å². The van der Waals surface area contributed by atoms with Crippen LogP contribution in [0.15, 0.2) is 12.2 Å². The number of hydrogen-bond donors (Lipinski definition) is 0. The van der Waals surface area contributed by atoms with Crippen LogP contribution in [0.5, 0.6) is 0 Å². The first-order chi connectivity index (χ1) is 6.24. The molecule has 74 valence electrons. The van der Waals surface area contributed by atoms with E-state index in [4.69, 9.17) is 4.74 Å². The minimum atomic E-state index is 0.0971. The molecule has 1 heterocycles. The summed E-state index contributed by atoms with van der Waals surface area (Å²) in [6.45, 7) is 6.15. The molecule has 13 heavy (non-hydrogen) atoms. The lowest BCUT2D eigenvalue weighted by atomic mass is 10.3. The molecule has 1 amide bonds. The van der Waals surface area contributed by atoms with Gasteiger partial charge in [0.1, 0.15) is 0 Å². The van der Waals surface area contributed by atoms with Crippen molar-refractivity contribution in [2.24, 2.45) is 0 Å². The molecule has 0 aliphatic carbocycles. The fourth-order valence-corrected chi connectivity index (χ4v) is 1.44. The van der Waals surface area contributed by atoms with Crippen molar-refractivity contribution in [3.8, 4) is 0 Å². The van der Waals surface area contributed by atoms with Crippen LogP contribution in [0.2, 0.25) is 0 Å². The second kappa shape index (κ2) is 5.02. The van der Waals surface area contributed by atoms with Crippen LogP contribution < -0.4 is 0 Å². The van der Waals surface area contributed by atoms with E-state index in [-0.39, 0.29) is 12.0 Å². The summed E-state index contributed by atoms with van der Waals surface area (Å²) in [5.74, 6) is 0.0971. The fraction of sp³-hybridized carbons (Fsp3) is 0.700. The molecule has 1 unspecified atom stereocenters. The third kappa shape index (κ3) is 3.19. The maximum Gasteiger partial charge on any atom is 0.246 e. The number of allylic oxidation sites excluding steroid dienone is 1. The summed E-state index contributed by atoms with van der Waals surface area (Å²) in [5.41, 5.74) is 0. The molecule has 1 saturated heterocycles. The van der Waals surface area contributed by atoms with Crippen LogP contribution >= 0.6 is 0 Å². The number of nitrogens with zero attached hydrogens (tertiary/aromatic N) is 1. The van der Waals surface area contributed by atoms with Gasteiger partial charge in [-0.2, -0.15) is 0 Å². The van der Waals surface area contributed by atoms with Gasteiger partial charge in [-0.3, -0.25) is 4.79 Å². The summed E-state index contributed by atoms with van der Waals surface area (Å²) in [6.07, 6.45) is 4.49. The Labute approximate surface area is 79.4 Å². The van der Waals surface area contributed by atoms with Gasteiger partial charge in [0, 0.05) is 19.7 Å². The van der Waals surface area contributed by atoms with Gasteiger partial charge in [-0.05, 0) is 26.3 Å². The minimum Gasteiger partial charge on any atom is -0.377 e. The second-order valence-electron chi connectivity index (χ2n) is 3.32. The third-order valence-corrected chi connectivity index (χ3v) is 2.07. The van der Waals surface area contributed by atoms with E-state index in [0.717, 1.165) is 19.6 Å². The molecule has 0 saturated carbocycles. The molecule has 0 aromatic carbocycles. The van der Waals surface area contributed by atoms with E-state index in [0.29, 0.717) is 6.54 Å². The van der Waals surface area contributed by atoms with Crippen LogP contribution in [0.4, 0.5) is 0 Å². The van der Waals surface area contributed by atoms with E-state index in [9.17, 15) is 4.79 Å². The molecular weight excluding hydrogens is 166 g/mol. The molecule has 1 aliphatic rings. The number of carbonyl (C=O) groups excluding carboxylic acids is 1. The van der Waals surface area contributed by atoms with Crippen molar-refractivity contribution >= 4 is 5.91 Å². The monoisotopic (exact) mass is 183 g/mol. The standard InChI is InChI=1S/C10H17NO2/c1-3-5-10(12)11-6-4-7-13-9(2)8-11/h3,5,9H,4,6-8H2,1-2H3. The maximum absolute atomic E-state index is 11.5. The van der Waals surface area contributed by atoms with Gasteiger partial charge in [0.05, 0.1) is 6.10 Å². The Hall–Kier alpha value is -0.830. The largest absolute Gasteiger partial charge is 0.377 e. The van der Waals surface area contributed by atoms with Crippen LogP contribution in [0, 0.1) is 0 Å². The van der Waals surface area contributed by atoms with Crippen molar-refractivity contribution in [2.75, 3.05) is 19.7 Å². The first-order valence-corrected chi connectivity index (χ1v) is 4.77. The average Bonchev–Trinajstić information content (AvgIpc) is 2.30. The molecule has 0 spiro atoms. The average molecular weight is 183 g/mol. The summed E-state index contributed by atoms with van der Waals surface area (Å²) < 4.78 is 5.44. The summed E-state index contributed by atoms with van der Waals surface area (Å²) in [7, 11) is 0. The molecule has 0 aromatic heterocycles. The van der Waals surface area contributed by atoms with E-state index < -0.39 is 0 Å². The Balaban J connectivity index is 2.51. The van der Waals surface area contributed by atoms with E-state index >= 15 is 0 Å². The zero-order valence-corrected chi connectivity index (χ0v) is 8.32. The fourth-order valence-electron chi connectivity index (χ4n) is 1.44. The highest BCUT2D eigenvalue weighted by atomic mass is 16.5. The topological polar surface area (TPSA) is 29.5 Å². The summed E-state index contributed by atoms with van der Waals surface area (Å²) in [6, 6.07) is 0. The van der Waals surface area contributed by atoms with Crippen molar-refractivity contribution < 1.29 is 9.53 Å². The number of ether oxygens (including phenoxy) is 1. The Kier molecular flexibility index (Phi) is 3.96.